The van der Waals surface area contributed by atoms with Crippen LogP contribution in [0.25, 0.3) is 0 Å². The Hall–Kier alpha value is -2.51. The third-order valence-corrected chi connectivity index (χ3v) is 6.82. The van der Waals surface area contributed by atoms with E-state index >= 15 is 0 Å². The number of hydrogen-bond donors (Lipinski definition) is 3. The van der Waals surface area contributed by atoms with E-state index in [1.165, 1.54) is 20.9 Å². The number of aliphatic hydroxyl groups excluding tert-OH is 2. The van der Waals surface area contributed by atoms with Crippen LogP contribution in [0.1, 0.15) is 23.1 Å². The average Bonchev–Trinajstić information content (AvgIpc) is 2.81. The smallest absolute Gasteiger partial charge is 0.127 e. The maximum atomic E-state index is 9.40. The standard InChI is InChI=1S/C25H27NO4S/c1-29-20-4-6-21(7-5-20)30-22-8-9-23-19(14-22)13-18-3-2-17(12-24(18)31-23)10-11-25(26,15-27)16-28/h2-9,12,14,27-28H,10-11,13,15-16,26H2,1H3. The van der Waals surface area contributed by atoms with Crippen LogP contribution >= 0.6 is 11.8 Å². The SMILES string of the molecule is COc1ccc(Oc2ccc3c(c2)Cc2ccc(CCC(N)(CO)CO)cc2S3)cc1. The second-order valence-electron chi connectivity index (χ2n) is 7.95. The number of rotatable bonds is 8. The van der Waals surface area contributed by atoms with Gasteiger partial charge >= 0.3 is 0 Å². The van der Waals surface area contributed by atoms with Gasteiger partial charge in [0.1, 0.15) is 17.2 Å². The Bertz CT molecular complexity index is 1050. The second-order valence-corrected chi connectivity index (χ2v) is 9.03. The van der Waals surface area contributed by atoms with Gasteiger partial charge < -0.3 is 25.4 Å². The number of methoxy groups -OCH3 is 1. The summed E-state index contributed by atoms with van der Waals surface area (Å²) >= 11 is 1.76. The van der Waals surface area contributed by atoms with E-state index < -0.39 is 5.54 Å². The van der Waals surface area contributed by atoms with Crippen molar-refractivity contribution in [3.8, 4) is 17.2 Å². The van der Waals surface area contributed by atoms with E-state index in [9.17, 15) is 10.2 Å². The Balaban J connectivity index is 1.46. The number of ether oxygens (including phenoxy) is 2. The fourth-order valence-electron chi connectivity index (χ4n) is 3.56. The summed E-state index contributed by atoms with van der Waals surface area (Å²) in [5.74, 6) is 2.39. The number of fused-ring (bicyclic) bond motifs is 2. The zero-order valence-corrected chi connectivity index (χ0v) is 18.3. The minimum atomic E-state index is -0.935. The molecule has 4 N–H and O–H groups in total. The van der Waals surface area contributed by atoms with E-state index in [0.717, 1.165) is 29.2 Å². The molecule has 0 saturated heterocycles. The van der Waals surface area contributed by atoms with E-state index in [2.05, 4.69) is 30.3 Å². The second kappa shape index (κ2) is 9.32. The molecule has 5 nitrogen and oxygen atoms in total. The van der Waals surface area contributed by atoms with Crippen LogP contribution in [-0.2, 0) is 12.8 Å². The first kappa shape index (κ1) is 21.7. The van der Waals surface area contributed by atoms with Gasteiger partial charge in [0.05, 0.1) is 25.9 Å². The van der Waals surface area contributed by atoms with Crippen molar-refractivity contribution in [2.45, 2.75) is 34.6 Å². The predicted octanol–water partition coefficient (Wildman–Crippen LogP) is 4.16. The van der Waals surface area contributed by atoms with Crippen molar-refractivity contribution < 1.29 is 19.7 Å². The monoisotopic (exact) mass is 437 g/mol. The maximum absolute atomic E-state index is 9.40. The molecule has 1 aliphatic rings. The third-order valence-electron chi connectivity index (χ3n) is 5.60. The number of aliphatic hydroxyl groups is 2. The fourth-order valence-corrected chi connectivity index (χ4v) is 4.67. The van der Waals surface area contributed by atoms with Gasteiger partial charge in [0.2, 0.25) is 0 Å². The summed E-state index contributed by atoms with van der Waals surface area (Å²) < 4.78 is 11.2. The van der Waals surface area contributed by atoms with Gasteiger partial charge in [-0.2, -0.15) is 0 Å². The fraction of sp³-hybridized carbons (Fsp3) is 0.280. The van der Waals surface area contributed by atoms with Crippen LogP contribution in [0.5, 0.6) is 17.2 Å². The molecule has 6 heteroatoms. The summed E-state index contributed by atoms with van der Waals surface area (Å²) in [5, 5.41) is 18.8. The van der Waals surface area contributed by atoms with E-state index in [1.807, 2.05) is 30.3 Å². The Labute approximate surface area is 186 Å². The largest absolute Gasteiger partial charge is 0.497 e. The van der Waals surface area contributed by atoms with Gasteiger partial charge in [-0.25, -0.2) is 0 Å². The van der Waals surface area contributed by atoms with Crippen LogP contribution in [-0.4, -0.2) is 36.1 Å². The first-order chi connectivity index (χ1) is 15.0. The van der Waals surface area contributed by atoms with Gasteiger partial charge in [0.15, 0.2) is 0 Å². The lowest BCUT2D eigenvalue weighted by molar-refractivity contribution is 0.115. The van der Waals surface area contributed by atoms with Crippen molar-refractivity contribution >= 4 is 11.8 Å². The molecule has 162 valence electrons. The van der Waals surface area contributed by atoms with Crippen LogP contribution in [0.4, 0.5) is 0 Å². The molecule has 0 aliphatic carbocycles. The molecular formula is C25H27NO4S. The summed E-state index contributed by atoms with van der Waals surface area (Å²) in [5.41, 5.74) is 8.76. The molecule has 1 heterocycles. The van der Waals surface area contributed by atoms with E-state index in [4.69, 9.17) is 15.2 Å². The molecule has 31 heavy (non-hydrogen) atoms. The van der Waals surface area contributed by atoms with Gasteiger partial charge in [0, 0.05) is 9.79 Å². The molecule has 4 rings (SSSR count). The summed E-state index contributed by atoms with van der Waals surface area (Å²) in [4.78, 5) is 2.47. The van der Waals surface area contributed by atoms with Gasteiger partial charge in [0.25, 0.3) is 0 Å². The molecule has 1 aliphatic heterocycles. The molecular weight excluding hydrogens is 410 g/mol. The lowest BCUT2D eigenvalue weighted by atomic mass is 9.93. The van der Waals surface area contributed by atoms with Crippen molar-refractivity contribution in [2.75, 3.05) is 20.3 Å². The minimum Gasteiger partial charge on any atom is -0.497 e. The highest BCUT2D eigenvalue weighted by molar-refractivity contribution is 7.99. The van der Waals surface area contributed by atoms with Gasteiger partial charge in [-0.15, -0.1) is 0 Å². The molecule has 0 unspecified atom stereocenters. The Morgan fingerprint density at radius 1 is 0.871 bits per heavy atom. The molecule has 0 spiro atoms. The van der Waals surface area contributed by atoms with Crippen LogP contribution < -0.4 is 15.2 Å². The molecule has 0 radical (unpaired) electrons. The van der Waals surface area contributed by atoms with E-state index in [-0.39, 0.29) is 13.2 Å². The third kappa shape index (κ3) is 5.05. The van der Waals surface area contributed by atoms with E-state index in [1.54, 1.807) is 18.9 Å². The molecule has 0 bridgehead atoms. The summed E-state index contributed by atoms with van der Waals surface area (Å²) in [7, 11) is 1.65. The number of aryl methyl sites for hydroxylation is 1. The predicted molar refractivity (Wildman–Crippen MR) is 122 cm³/mol. The Kier molecular flexibility index (Phi) is 6.53. The topological polar surface area (TPSA) is 84.9 Å². The van der Waals surface area contributed by atoms with Crippen molar-refractivity contribution in [1.29, 1.82) is 0 Å². The molecule has 0 atom stereocenters. The number of benzene rings is 3. The summed E-state index contributed by atoms with van der Waals surface area (Å²) in [6.45, 7) is -0.449. The minimum absolute atomic E-state index is 0.225. The van der Waals surface area contributed by atoms with Crippen molar-refractivity contribution in [3.05, 3.63) is 77.4 Å². The molecule has 0 saturated carbocycles. The first-order valence-corrected chi connectivity index (χ1v) is 11.1. The lowest BCUT2D eigenvalue weighted by Crippen LogP contribution is -2.47. The van der Waals surface area contributed by atoms with Crippen LogP contribution in [0.2, 0.25) is 0 Å². The summed E-state index contributed by atoms with van der Waals surface area (Å²) in [6, 6.07) is 20.2. The zero-order chi connectivity index (χ0) is 21.8. The molecule has 3 aromatic carbocycles. The Morgan fingerprint density at radius 3 is 2.29 bits per heavy atom. The molecule has 0 aromatic heterocycles. The molecule has 0 fully saturated rings. The lowest BCUT2D eigenvalue weighted by Gasteiger charge is -2.25. The highest BCUT2D eigenvalue weighted by Gasteiger charge is 2.23. The van der Waals surface area contributed by atoms with Gasteiger partial charge in [-0.1, -0.05) is 23.9 Å². The maximum Gasteiger partial charge on any atom is 0.127 e. The Morgan fingerprint density at radius 2 is 1.58 bits per heavy atom. The van der Waals surface area contributed by atoms with Gasteiger partial charge in [-0.05, 0) is 84.5 Å². The zero-order valence-electron chi connectivity index (χ0n) is 17.5. The van der Waals surface area contributed by atoms with Crippen LogP contribution in [0.3, 0.4) is 0 Å². The highest BCUT2D eigenvalue weighted by Crippen LogP contribution is 2.42. The van der Waals surface area contributed by atoms with Gasteiger partial charge in [-0.3, -0.25) is 0 Å². The molecule has 0 amide bonds. The van der Waals surface area contributed by atoms with E-state index in [0.29, 0.717) is 12.8 Å². The first-order valence-electron chi connectivity index (χ1n) is 10.3. The molecule has 3 aromatic rings. The number of hydrogen-bond acceptors (Lipinski definition) is 6. The average molecular weight is 438 g/mol. The van der Waals surface area contributed by atoms with Crippen LogP contribution in [0, 0.1) is 0 Å². The summed E-state index contributed by atoms with van der Waals surface area (Å²) in [6.07, 6.45) is 2.10. The highest BCUT2D eigenvalue weighted by atomic mass is 32.2. The van der Waals surface area contributed by atoms with Crippen molar-refractivity contribution in [1.82, 2.24) is 0 Å². The quantitative estimate of drug-likeness (QED) is 0.384. The van der Waals surface area contributed by atoms with Crippen molar-refractivity contribution in [2.24, 2.45) is 5.73 Å². The number of nitrogens with two attached hydrogens (primary N) is 1. The van der Waals surface area contributed by atoms with Crippen molar-refractivity contribution in [3.63, 3.8) is 0 Å². The van der Waals surface area contributed by atoms with Crippen LogP contribution in [0.15, 0.2) is 70.5 Å². The normalized spacial score (nSPS) is 12.8.